The lowest BCUT2D eigenvalue weighted by atomic mass is 10.1. The molecule has 1 aromatic carbocycles. The van der Waals surface area contributed by atoms with Gasteiger partial charge in [0.1, 0.15) is 6.33 Å². The second kappa shape index (κ2) is 5.70. The van der Waals surface area contributed by atoms with Gasteiger partial charge in [0, 0.05) is 17.7 Å². The van der Waals surface area contributed by atoms with Crippen molar-refractivity contribution >= 4 is 17.2 Å². The Hall–Kier alpha value is -2.76. The Morgan fingerprint density at radius 3 is 3.05 bits per heavy atom. The van der Waals surface area contributed by atoms with Gasteiger partial charge in [0.25, 0.3) is 0 Å². The van der Waals surface area contributed by atoms with E-state index >= 15 is 0 Å². The van der Waals surface area contributed by atoms with Crippen molar-refractivity contribution in [1.29, 1.82) is 0 Å². The van der Waals surface area contributed by atoms with E-state index in [0.29, 0.717) is 12.1 Å². The van der Waals surface area contributed by atoms with E-state index in [1.54, 1.807) is 10.8 Å². The molecular formula is C15H15N5O. The predicted octanol–water partition coefficient (Wildman–Crippen LogP) is 2.53. The Morgan fingerprint density at radius 1 is 1.29 bits per heavy atom. The average molecular weight is 281 g/mol. The third-order valence-corrected chi connectivity index (χ3v) is 3.08. The number of amides is 1. The van der Waals surface area contributed by atoms with Gasteiger partial charge < -0.3 is 5.32 Å². The van der Waals surface area contributed by atoms with Crippen LogP contribution in [0.15, 0.2) is 42.7 Å². The number of nitrogens with one attached hydrogen (secondary N) is 1. The average Bonchev–Trinajstić information content (AvgIpc) is 2.95. The first-order chi connectivity index (χ1) is 10.3. The van der Waals surface area contributed by atoms with Gasteiger partial charge in [-0.2, -0.15) is 9.61 Å². The maximum Gasteiger partial charge on any atom is 0.224 e. The Labute approximate surface area is 121 Å². The van der Waals surface area contributed by atoms with Crippen molar-refractivity contribution in [1.82, 2.24) is 19.8 Å². The molecule has 0 atom stereocenters. The molecule has 0 aliphatic heterocycles. The molecule has 3 rings (SSSR count). The molecule has 0 unspecified atom stereocenters. The molecule has 2 aromatic heterocycles. The molecule has 6 heteroatoms. The quantitative estimate of drug-likeness (QED) is 0.797. The van der Waals surface area contributed by atoms with E-state index in [1.165, 1.54) is 0 Å². The molecule has 0 saturated heterocycles. The topological polar surface area (TPSA) is 72.2 Å². The molecule has 0 radical (unpaired) electrons. The fraction of sp³-hybridized carbons (Fsp3) is 0.200. The fourth-order valence-electron chi connectivity index (χ4n) is 2.09. The van der Waals surface area contributed by atoms with Gasteiger partial charge in [0.15, 0.2) is 5.65 Å². The molecule has 3 aromatic rings. The molecule has 0 aliphatic carbocycles. The summed E-state index contributed by atoms with van der Waals surface area (Å²) in [5.41, 5.74) is 3.21. The number of benzene rings is 1. The van der Waals surface area contributed by atoms with Gasteiger partial charge in [-0.15, -0.1) is 10.2 Å². The third-order valence-electron chi connectivity index (χ3n) is 3.08. The molecule has 0 saturated carbocycles. The number of hydrogen-bond donors (Lipinski definition) is 1. The van der Waals surface area contributed by atoms with Crippen molar-refractivity contribution in [3.63, 3.8) is 0 Å². The van der Waals surface area contributed by atoms with Crippen LogP contribution in [-0.4, -0.2) is 25.7 Å². The number of anilines is 1. The van der Waals surface area contributed by atoms with Crippen LogP contribution in [0.3, 0.4) is 0 Å². The van der Waals surface area contributed by atoms with E-state index < -0.39 is 0 Å². The van der Waals surface area contributed by atoms with E-state index in [9.17, 15) is 4.79 Å². The van der Waals surface area contributed by atoms with Crippen molar-refractivity contribution in [3.05, 3.63) is 42.7 Å². The SMILES string of the molecule is CCCC(=O)Nc1cccc(-c2ccc3nncn3n2)c1. The Balaban J connectivity index is 1.89. The van der Waals surface area contributed by atoms with Crippen LogP contribution in [0.25, 0.3) is 16.9 Å². The number of aromatic nitrogens is 4. The summed E-state index contributed by atoms with van der Waals surface area (Å²) in [7, 11) is 0. The zero-order chi connectivity index (χ0) is 14.7. The largest absolute Gasteiger partial charge is 0.326 e. The Bertz CT molecular complexity index is 780. The van der Waals surface area contributed by atoms with E-state index in [4.69, 9.17) is 0 Å². The lowest BCUT2D eigenvalue weighted by molar-refractivity contribution is -0.116. The van der Waals surface area contributed by atoms with Gasteiger partial charge in [-0.3, -0.25) is 4.79 Å². The molecule has 6 nitrogen and oxygen atoms in total. The smallest absolute Gasteiger partial charge is 0.224 e. The van der Waals surface area contributed by atoms with Gasteiger partial charge in [-0.1, -0.05) is 19.1 Å². The number of hydrogen-bond acceptors (Lipinski definition) is 4. The summed E-state index contributed by atoms with van der Waals surface area (Å²) >= 11 is 0. The van der Waals surface area contributed by atoms with Crippen molar-refractivity contribution in [2.45, 2.75) is 19.8 Å². The maximum atomic E-state index is 11.7. The van der Waals surface area contributed by atoms with E-state index in [0.717, 1.165) is 23.4 Å². The van der Waals surface area contributed by atoms with E-state index in [1.807, 2.05) is 43.3 Å². The molecule has 1 N–H and O–H groups in total. The first kappa shape index (κ1) is 13.2. The monoisotopic (exact) mass is 281 g/mol. The molecule has 2 heterocycles. The summed E-state index contributed by atoms with van der Waals surface area (Å²) in [6, 6.07) is 11.4. The zero-order valence-electron chi connectivity index (χ0n) is 11.7. The highest BCUT2D eigenvalue weighted by Crippen LogP contribution is 2.21. The summed E-state index contributed by atoms with van der Waals surface area (Å²) in [4.78, 5) is 11.7. The van der Waals surface area contributed by atoms with Gasteiger partial charge in [0.2, 0.25) is 5.91 Å². The summed E-state index contributed by atoms with van der Waals surface area (Å²) in [5, 5.41) is 15.1. The standard InChI is InChI=1S/C15H15N5O/c1-2-4-15(21)17-12-6-3-5-11(9-12)13-7-8-14-18-16-10-20(14)19-13/h3,5-10H,2,4H2,1H3,(H,17,21). The van der Waals surface area contributed by atoms with Crippen LogP contribution >= 0.6 is 0 Å². The summed E-state index contributed by atoms with van der Waals surface area (Å²) in [6.45, 7) is 1.98. The summed E-state index contributed by atoms with van der Waals surface area (Å²) in [5.74, 6) is 0.0249. The lowest BCUT2D eigenvalue weighted by Crippen LogP contribution is -2.10. The van der Waals surface area contributed by atoms with Crippen LogP contribution in [0, 0.1) is 0 Å². The minimum atomic E-state index is 0.0249. The maximum absolute atomic E-state index is 11.7. The van der Waals surface area contributed by atoms with Crippen molar-refractivity contribution < 1.29 is 4.79 Å². The van der Waals surface area contributed by atoms with Crippen LogP contribution in [-0.2, 0) is 4.79 Å². The third kappa shape index (κ3) is 2.89. The number of fused-ring (bicyclic) bond motifs is 1. The van der Waals surface area contributed by atoms with E-state index in [-0.39, 0.29) is 5.91 Å². The highest BCUT2D eigenvalue weighted by Gasteiger charge is 2.05. The highest BCUT2D eigenvalue weighted by atomic mass is 16.1. The van der Waals surface area contributed by atoms with Crippen LogP contribution in [0.4, 0.5) is 5.69 Å². The molecule has 0 fully saturated rings. The number of carbonyl (C=O) groups is 1. The summed E-state index contributed by atoms with van der Waals surface area (Å²) in [6.07, 6.45) is 2.91. The highest BCUT2D eigenvalue weighted by molar-refractivity contribution is 5.91. The van der Waals surface area contributed by atoms with Gasteiger partial charge >= 0.3 is 0 Å². The molecule has 0 spiro atoms. The second-order valence-corrected chi connectivity index (χ2v) is 4.73. The predicted molar refractivity (Wildman–Crippen MR) is 79.8 cm³/mol. The minimum Gasteiger partial charge on any atom is -0.326 e. The van der Waals surface area contributed by atoms with Gasteiger partial charge in [-0.25, -0.2) is 0 Å². The first-order valence-corrected chi connectivity index (χ1v) is 6.83. The molecule has 21 heavy (non-hydrogen) atoms. The number of carbonyl (C=O) groups excluding carboxylic acids is 1. The molecule has 0 bridgehead atoms. The van der Waals surface area contributed by atoms with Crippen LogP contribution < -0.4 is 5.32 Å². The van der Waals surface area contributed by atoms with Crippen LogP contribution in [0.1, 0.15) is 19.8 Å². The van der Waals surface area contributed by atoms with Crippen LogP contribution in [0.2, 0.25) is 0 Å². The van der Waals surface area contributed by atoms with Crippen molar-refractivity contribution in [3.8, 4) is 11.3 Å². The molecular weight excluding hydrogens is 266 g/mol. The van der Waals surface area contributed by atoms with Crippen molar-refractivity contribution in [2.75, 3.05) is 5.32 Å². The zero-order valence-corrected chi connectivity index (χ0v) is 11.7. The minimum absolute atomic E-state index is 0.0249. The molecule has 106 valence electrons. The normalized spacial score (nSPS) is 10.7. The van der Waals surface area contributed by atoms with E-state index in [2.05, 4.69) is 20.6 Å². The summed E-state index contributed by atoms with van der Waals surface area (Å²) < 4.78 is 1.62. The lowest BCUT2D eigenvalue weighted by Gasteiger charge is -2.07. The van der Waals surface area contributed by atoms with Crippen molar-refractivity contribution in [2.24, 2.45) is 0 Å². The Morgan fingerprint density at radius 2 is 2.19 bits per heavy atom. The van der Waals surface area contributed by atoms with Gasteiger partial charge in [-0.05, 0) is 30.7 Å². The number of nitrogens with zero attached hydrogens (tertiary/aromatic N) is 4. The van der Waals surface area contributed by atoms with Crippen LogP contribution in [0.5, 0.6) is 0 Å². The van der Waals surface area contributed by atoms with Gasteiger partial charge in [0.05, 0.1) is 5.69 Å². The molecule has 0 aliphatic rings. The Kier molecular flexibility index (Phi) is 3.59. The first-order valence-electron chi connectivity index (χ1n) is 6.83. The second-order valence-electron chi connectivity index (χ2n) is 4.73. The number of rotatable bonds is 4. The molecule has 1 amide bonds. The fourth-order valence-corrected chi connectivity index (χ4v) is 2.09.